The molecule has 4 heteroatoms. The Morgan fingerprint density at radius 3 is 2.71 bits per heavy atom. The summed E-state index contributed by atoms with van der Waals surface area (Å²) in [6.07, 6.45) is 6.91. The van der Waals surface area contributed by atoms with Gasteiger partial charge in [-0.25, -0.2) is 0 Å². The summed E-state index contributed by atoms with van der Waals surface area (Å²) < 4.78 is 0. The van der Waals surface area contributed by atoms with Crippen LogP contribution >= 0.6 is 0 Å². The fraction of sp³-hybridized carbons (Fsp3) is 0.600. The highest BCUT2D eigenvalue weighted by molar-refractivity contribution is 6.13. The first kappa shape index (κ1) is 17.0. The zero-order valence-electron chi connectivity index (χ0n) is 14.7. The number of carbonyl (C=O) groups excluding carboxylic acids is 1. The van der Waals surface area contributed by atoms with Crippen LogP contribution in [-0.2, 0) is 17.8 Å². The number of benzene rings is 1. The molecule has 3 rings (SSSR count). The van der Waals surface area contributed by atoms with E-state index < -0.39 is 0 Å². The molecule has 0 radical (unpaired) electrons. The molecule has 0 aromatic heterocycles. The minimum Gasteiger partial charge on any atom is -0.299 e. The summed E-state index contributed by atoms with van der Waals surface area (Å²) in [7, 11) is 0. The highest BCUT2D eigenvalue weighted by Gasteiger charge is 2.30. The molecule has 0 amide bonds. The van der Waals surface area contributed by atoms with E-state index in [4.69, 9.17) is 4.99 Å². The van der Waals surface area contributed by atoms with Crippen molar-refractivity contribution >= 4 is 11.5 Å². The maximum absolute atomic E-state index is 12.7. The number of hydrogen-bond acceptors (Lipinski definition) is 4. The van der Waals surface area contributed by atoms with Crippen molar-refractivity contribution in [2.45, 2.75) is 70.9 Å². The van der Waals surface area contributed by atoms with E-state index in [2.05, 4.69) is 25.1 Å². The standard InChI is InChI=1S/C20H26N2O2/c1-20(2)12-16-9-8-14(13-21-24)10-17(16)18(22-20)11-19(23)15-6-4-3-5-7-15/h8-10,15H,3-7,11-13H2,1-2H3. The second-order valence-electron chi connectivity index (χ2n) is 7.80. The maximum atomic E-state index is 12.7. The molecule has 4 nitrogen and oxygen atoms in total. The second-order valence-corrected chi connectivity index (χ2v) is 7.80. The summed E-state index contributed by atoms with van der Waals surface area (Å²) in [4.78, 5) is 28.2. The number of nitroso groups, excluding NO2 is 1. The zero-order valence-corrected chi connectivity index (χ0v) is 14.7. The van der Waals surface area contributed by atoms with Gasteiger partial charge < -0.3 is 0 Å². The average Bonchev–Trinajstić information content (AvgIpc) is 2.55. The van der Waals surface area contributed by atoms with Crippen LogP contribution < -0.4 is 0 Å². The van der Waals surface area contributed by atoms with E-state index >= 15 is 0 Å². The monoisotopic (exact) mass is 326 g/mol. The Hall–Kier alpha value is -1.84. The van der Waals surface area contributed by atoms with Crippen LogP contribution in [0.4, 0.5) is 0 Å². The molecule has 0 N–H and O–H groups in total. The van der Waals surface area contributed by atoms with Gasteiger partial charge in [0.1, 0.15) is 12.3 Å². The van der Waals surface area contributed by atoms with Gasteiger partial charge in [-0.3, -0.25) is 9.79 Å². The Morgan fingerprint density at radius 2 is 2.00 bits per heavy atom. The van der Waals surface area contributed by atoms with Crippen LogP contribution in [0.15, 0.2) is 28.4 Å². The zero-order chi connectivity index (χ0) is 17.2. The first-order valence-corrected chi connectivity index (χ1v) is 9.01. The first-order chi connectivity index (χ1) is 11.5. The van der Waals surface area contributed by atoms with Crippen LogP contribution in [0.2, 0.25) is 0 Å². The molecule has 1 saturated carbocycles. The fourth-order valence-corrected chi connectivity index (χ4v) is 4.02. The van der Waals surface area contributed by atoms with Crippen molar-refractivity contribution in [2.24, 2.45) is 16.1 Å². The molecule has 0 bridgehead atoms. The molecule has 0 atom stereocenters. The minimum atomic E-state index is -0.181. The third-order valence-corrected chi connectivity index (χ3v) is 5.20. The number of hydrogen-bond donors (Lipinski definition) is 0. The summed E-state index contributed by atoms with van der Waals surface area (Å²) in [5.74, 6) is 0.533. The predicted octanol–water partition coefficient (Wildman–Crippen LogP) is 4.62. The number of Topliss-reactive ketones (excluding diaryl/α,β-unsaturated/α-hetero) is 1. The Balaban J connectivity index is 1.87. The maximum Gasteiger partial charge on any atom is 0.141 e. The van der Waals surface area contributed by atoms with Gasteiger partial charge in [0.05, 0.1) is 11.3 Å². The van der Waals surface area contributed by atoms with E-state index in [-0.39, 0.29) is 18.0 Å². The number of ketones is 1. The summed E-state index contributed by atoms with van der Waals surface area (Å²) >= 11 is 0. The highest BCUT2D eigenvalue weighted by Crippen LogP contribution is 2.31. The van der Waals surface area contributed by atoms with Gasteiger partial charge in [-0.05, 0) is 55.9 Å². The van der Waals surface area contributed by atoms with Gasteiger partial charge in [-0.1, -0.05) is 36.6 Å². The Morgan fingerprint density at radius 1 is 1.25 bits per heavy atom. The Kier molecular flexibility index (Phi) is 4.93. The van der Waals surface area contributed by atoms with Crippen molar-refractivity contribution in [3.63, 3.8) is 0 Å². The number of carbonyl (C=O) groups is 1. The fourth-order valence-electron chi connectivity index (χ4n) is 4.02. The van der Waals surface area contributed by atoms with Crippen molar-refractivity contribution in [1.29, 1.82) is 0 Å². The summed E-state index contributed by atoms with van der Waals surface area (Å²) in [6.45, 7) is 4.39. The van der Waals surface area contributed by atoms with E-state index in [1.807, 2.05) is 12.1 Å². The number of rotatable bonds is 5. The minimum absolute atomic E-state index is 0.167. The Bertz CT molecular complexity index is 670. The molecule has 1 heterocycles. The molecule has 1 aromatic carbocycles. The molecule has 24 heavy (non-hydrogen) atoms. The van der Waals surface area contributed by atoms with E-state index in [9.17, 15) is 9.70 Å². The third kappa shape index (κ3) is 3.80. The van der Waals surface area contributed by atoms with Crippen molar-refractivity contribution < 1.29 is 4.79 Å². The number of aliphatic imine (C=N–C) groups is 1. The second kappa shape index (κ2) is 6.96. The third-order valence-electron chi connectivity index (χ3n) is 5.20. The highest BCUT2D eigenvalue weighted by atomic mass is 16.3. The molecule has 0 spiro atoms. The SMILES string of the molecule is CC1(C)Cc2ccc(CN=O)cc2C(CC(=O)C2CCCCC2)=N1. The summed E-state index contributed by atoms with van der Waals surface area (Å²) in [5.41, 5.74) is 3.86. The van der Waals surface area contributed by atoms with E-state index in [1.54, 1.807) is 0 Å². The predicted molar refractivity (Wildman–Crippen MR) is 96.5 cm³/mol. The van der Waals surface area contributed by atoms with Gasteiger partial charge >= 0.3 is 0 Å². The van der Waals surface area contributed by atoms with Crippen LogP contribution in [0, 0.1) is 10.8 Å². The Labute approximate surface area is 143 Å². The van der Waals surface area contributed by atoms with Gasteiger partial charge in [0.25, 0.3) is 0 Å². The largest absolute Gasteiger partial charge is 0.299 e. The summed E-state index contributed by atoms with van der Waals surface area (Å²) in [6, 6.07) is 6.03. The molecule has 1 aliphatic heterocycles. The van der Waals surface area contributed by atoms with Gasteiger partial charge in [-0.15, -0.1) is 0 Å². The number of nitrogens with zero attached hydrogens (tertiary/aromatic N) is 2. The lowest BCUT2D eigenvalue weighted by Gasteiger charge is -2.30. The van der Waals surface area contributed by atoms with Crippen molar-refractivity contribution in [3.8, 4) is 0 Å². The van der Waals surface area contributed by atoms with Gasteiger partial charge in [0.15, 0.2) is 0 Å². The normalized spacial score (nSPS) is 20.2. The van der Waals surface area contributed by atoms with Crippen molar-refractivity contribution in [2.75, 3.05) is 0 Å². The topological polar surface area (TPSA) is 58.9 Å². The summed E-state index contributed by atoms with van der Waals surface area (Å²) in [5, 5.41) is 2.99. The van der Waals surface area contributed by atoms with Crippen molar-refractivity contribution in [1.82, 2.24) is 0 Å². The lowest BCUT2D eigenvalue weighted by molar-refractivity contribution is -0.122. The molecule has 1 aromatic rings. The van der Waals surface area contributed by atoms with E-state index in [1.165, 1.54) is 24.8 Å². The van der Waals surface area contributed by atoms with Gasteiger partial charge in [0.2, 0.25) is 0 Å². The van der Waals surface area contributed by atoms with E-state index in [0.29, 0.717) is 12.2 Å². The molecule has 1 fully saturated rings. The molecular weight excluding hydrogens is 300 g/mol. The van der Waals surface area contributed by atoms with E-state index in [0.717, 1.165) is 36.1 Å². The van der Waals surface area contributed by atoms with Crippen LogP contribution in [0.1, 0.15) is 69.1 Å². The lowest BCUT2D eigenvalue weighted by atomic mass is 9.81. The van der Waals surface area contributed by atoms with Gasteiger partial charge in [0, 0.05) is 12.3 Å². The molecule has 2 aliphatic rings. The smallest absolute Gasteiger partial charge is 0.141 e. The van der Waals surface area contributed by atoms with Gasteiger partial charge in [-0.2, -0.15) is 4.91 Å². The lowest BCUT2D eigenvalue weighted by Crippen LogP contribution is -2.31. The molecule has 128 valence electrons. The number of fused-ring (bicyclic) bond motifs is 1. The molecule has 0 unspecified atom stereocenters. The molecule has 1 aliphatic carbocycles. The van der Waals surface area contributed by atoms with Crippen molar-refractivity contribution in [3.05, 3.63) is 39.8 Å². The first-order valence-electron chi connectivity index (χ1n) is 9.01. The van der Waals surface area contributed by atoms with Crippen LogP contribution in [-0.4, -0.2) is 17.0 Å². The van der Waals surface area contributed by atoms with Crippen LogP contribution in [0.3, 0.4) is 0 Å². The quantitative estimate of drug-likeness (QED) is 0.741. The molecular formula is C20H26N2O2. The van der Waals surface area contributed by atoms with Crippen LogP contribution in [0.25, 0.3) is 0 Å². The average molecular weight is 326 g/mol. The van der Waals surface area contributed by atoms with Crippen LogP contribution in [0.5, 0.6) is 0 Å². The molecule has 0 saturated heterocycles.